The van der Waals surface area contributed by atoms with Crippen molar-refractivity contribution in [3.63, 3.8) is 0 Å². The summed E-state index contributed by atoms with van der Waals surface area (Å²) in [4.78, 5) is 35.9. The summed E-state index contributed by atoms with van der Waals surface area (Å²) in [5, 5.41) is 13.0. The largest absolute Gasteiger partial charge is 0.468 e. The monoisotopic (exact) mass is 374 g/mol. The number of hydrogen-bond acceptors (Lipinski definition) is 4. The molecule has 1 unspecified atom stereocenters. The van der Waals surface area contributed by atoms with Crippen molar-refractivity contribution >= 4 is 28.9 Å². The van der Waals surface area contributed by atoms with Crippen LogP contribution in [0.15, 0.2) is 30.5 Å². The summed E-state index contributed by atoms with van der Waals surface area (Å²) in [5.41, 5.74) is 1.42. The van der Waals surface area contributed by atoms with Crippen LogP contribution in [-0.2, 0) is 20.7 Å². The highest BCUT2D eigenvalue weighted by molar-refractivity contribution is 5.98. The number of methoxy groups -OCH3 is 1. The minimum atomic E-state index is -1.06. The van der Waals surface area contributed by atoms with Crippen LogP contribution < -0.4 is 5.32 Å². The van der Waals surface area contributed by atoms with Gasteiger partial charge in [0.25, 0.3) is 0 Å². The van der Waals surface area contributed by atoms with Crippen molar-refractivity contribution in [2.75, 3.05) is 7.11 Å². The molecule has 1 heterocycles. The number of esters is 1. The molecule has 2 atom stereocenters. The fraction of sp³-hybridized carbons (Fsp3) is 0.450. The Balaban J connectivity index is 2.16. The normalized spacial score (nSPS) is 13.4. The third kappa shape index (κ3) is 4.87. The number of hydrogen-bond donors (Lipinski definition) is 2. The number of carbonyl (C=O) groups excluding carboxylic acids is 2. The van der Waals surface area contributed by atoms with E-state index in [2.05, 4.69) is 5.32 Å². The Hall–Kier alpha value is -2.83. The first-order chi connectivity index (χ1) is 12.7. The molecular formula is C20H26N2O5. The summed E-state index contributed by atoms with van der Waals surface area (Å²) in [7, 11) is 1.27. The second-order valence-electron chi connectivity index (χ2n) is 7.14. The Kier molecular flexibility index (Phi) is 6.60. The van der Waals surface area contributed by atoms with Crippen molar-refractivity contribution in [3.05, 3.63) is 36.0 Å². The van der Waals surface area contributed by atoms with Gasteiger partial charge in [0.2, 0.25) is 5.91 Å². The van der Waals surface area contributed by atoms with Crippen molar-refractivity contribution in [3.8, 4) is 0 Å². The third-order valence-corrected chi connectivity index (χ3v) is 4.42. The molecule has 2 rings (SSSR count). The van der Waals surface area contributed by atoms with E-state index < -0.39 is 18.0 Å². The van der Waals surface area contributed by atoms with Gasteiger partial charge >= 0.3 is 12.1 Å². The number of benzene rings is 1. The summed E-state index contributed by atoms with van der Waals surface area (Å²) in [6.45, 7) is 5.70. The van der Waals surface area contributed by atoms with Crippen LogP contribution in [0.3, 0.4) is 0 Å². The molecular weight excluding hydrogens is 348 g/mol. The van der Waals surface area contributed by atoms with Gasteiger partial charge in [-0.3, -0.25) is 14.2 Å². The number of para-hydroxylation sites is 1. The highest BCUT2D eigenvalue weighted by atomic mass is 16.5. The van der Waals surface area contributed by atoms with E-state index in [0.29, 0.717) is 18.4 Å². The van der Waals surface area contributed by atoms with E-state index in [1.54, 1.807) is 18.3 Å². The molecule has 0 saturated carbocycles. The van der Waals surface area contributed by atoms with Gasteiger partial charge in [-0.1, -0.05) is 32.0 Å². The molecule has 0 bridgehead atoms. The summed E-state index contributed by atoms with van der Waals surface area (Å²) in [6, 6.07) is 6.95. The van der Waals surface area contributed by atoms with Crippen molar-refractivity contribution in [1.29, 1.82) is 0 Å². The molecule has 0 fully saturated rings. The Bertz CT molecular complexity index is 840. The number of aromatic nitrogens is 1. The molecule has 0 aliphatic carbocycles. The van der Waals surface area contributed by atoms with Gasteiger partial charge in [0.05, 0.1) is 12.6 Å². The number of amides is 1. The van der Waals surface area contributed by atoms with Crippen LogP contribution in [0.2, 0.25) is 0 Å². The van der Waals surface area contributed by atoms with Crippen molar-refractivity contribution in [2.45, 2.75) is 39.7 Å². The molecule has 2 N–H and O–H groups in total. The average Bonchev–Trinajstić information content (AvgIpc) is 2.97. The van der Waals surface area contributed by atoms with Crippen LogP contribution >= 0.6 is 0 Å². The van der Waals surface area contributed by atoms with Crippen molar-refractivity contribution in [1.82, 2.24) is 9.88 Å². The van der Waals surface area contributed by atoms with E-state index in [9.17, 15) is 19.5 Å². The number of carbonyl (C=O) groups is 3. The molecule has 0 aliphatic heterocycles. The number of ether oxygens (including phenoxy) is 1. The van der Waals surface area contributed by atoms with Gasteiger partial charge in [0, 0.05) is 17.6 Å². The zero-order valence-electron chi connectivity index (χ0n) is 16.1. The quantitative estimate of drug-likeness (QED) is 0.573. The number of carboxylic acid groups (broad SMARTS) is 1. The second-order valence-corrected chi connectivity index (χ2v) is 7.14. The van der Waals surface area contributed by atoms with Gasteiger partial charge < -0.3 is 15.2 Å². The van der Waals surface area contributed by atoms with Crippen LogP contribution in [0.4, 0.5) is 4.79 Å². The standard InChI is InChI=1S/C20H26N2O5/c1-12(2)9-16(19(24)27-4)18(23)21-13(3)10-14-11-22(20(25)26)17-8-6-5-7-15(14)17/h5-8,11-13,16H,9-10H2,1-4H3,(H,21,23)(H,25,26)/t13-,16?/m1/s1. The van der Waals surface area contributed by atoms with E-state index in [1.165, 1.54) is 11.7 Å². The topological polar surface area (TPSA) is 97.6 Å². The molecule has 1 amide bonds. The molecule has 146 valence electrons. The second kappa shape index (κ2) is 8.70. The van der Waals surface area contributed by atoms with Crippen LogP contribution in [0.25, 0.3) is 10.9 Å². The lowest BCUT2D eigenvalue weighted by molar-refractivity contribution is -0.150. The molecule has 7 heteroatoms. The summed E-state index contributed by atoms with van der Waals surface area (Å²) in [5.74, 6) is -1.59. The number of nitrogens with one attached hydrogen (secondary N) is 1. The van der Waals surface area contributed by atoms with Gasteiger partial charge in [0.15, 0.2) is 0 Å². The van der Waals surface area contributed by atoms with Gasteiger partial charge in [-0.15, -0.1) is 0 Å². The van der Waals surface area contributed by atoms with Gasteiger partial charge in [-0.2, -0.15) is 0 Å². The summed E-state index contributed by atoms with van der Waals surface area (Å²) < 4.78 is 5.93. The van der Waals surface area contributed by atoms with Crippen molar-refractivity contribution in [2.24, 2.45) is 11.8 Å². The van der Waals surface area contributed by atoms with Crippen LogP contribution in [0.1, 0.15) is 32.8 Å². The van der Waals surface area contributed by atoms with Gasteiger partial charge in [0.1, 0.15) is 5.92 Å². The van der Waals surface area contributed by atoms with Crippen LogP contribution in [0.5, 0.6) is 0 Å². The lowest BCUT2D eigenvalue weighted by atomic mass is 9.95. The molecule has 1 aromatic carbocycles. The third-order valence-electron chi connectivity index (χ3n) is 4.42. The predicted octanol–water partition coefficient (Wildman–Crippen LogP) is 3.05. The van der Waals surface area contributed by atoms with E-state index in [-0.39, 0.29) is 17.9 Å². The Labute approximate surface area is 158 Å². The van der Waals surface area contributed by atoms with E-state index in [1.807, 2.05) is 32.9 Å². The molecule has 0 aliphatic rings. The van der Waals surface area contributed by atoms with Gasteiger partial charge in [-0.25, -0.2) is 4.79 Å². The van der Waals surface area contributed by atoms with Crippen LogP contribution in [-0.4, -0.2) is 40.8 Å². The first-order valence-electron chi connectivity index (χ1n) is 8.95. The minimum absolute atomic E-state index is 0.170. The predicted molar refractivity (Wildman–Crippen MR) is 102 cm³/mol. The number of fused-ring (bicyclic) bond motifs is 1. The average molecular weight is 374 g/mol. The zero-order chi connectivity index (χ0) is 20.1. The number of rotatable bonds is 7. The fourth-order valence-electron chi connectivity index (χ4n) is 3.22. The lowest BCUT2D eigenvalue weighted by Gasteiger charge is -2.20. The molecule has 2 aromatic rings. The Morgan fingerprint density at radius 1 is 1.19 bits per heavy atom. The van der Waals surface area contributed by atoms with E-state index in [0.717, 1.165) is 10.9 Å². The van der Waals surface area contributed by atoms with E-state index >= 15 is 0 Å². The lowest BCUT2D eigenvalue weighted by Crippen LogP contribution is -2.42. The SMILES string of the molecule is COC(=O)C(CC(C)C)C(=O)N[C@H](C)Cc1cn(C(=O)O)c2ccccc12. The van der Waals surface area contributed by atoms with Crippen molar-refractivity contribution < 1.29 is 24.2 Å². The highest BCUT2D eigenvalue weighted by Gasteiger charge is 2.29. The maximum atomic E-state index is 12.5. The zero-order valence-corrected chi connectivity index (χ0v) is 16.1. The smallest absolute Gasteiger partial charge is 0.416 e. The highest BCUT2D eigenvalue weighted by Crippen LogP contribution is 2.23. The van der Waals surface area contributed by atoms with Gasteiger partial charge in [-0.05, 0) is 37.3 Å². The minimum Gasteiger partial charge on any atom is -0.468 e. The molecule has 0 spiro atoms. The molecule has 1 aromatic heterocycles. The Morgan fingerprint density at radius 3 is 2.44 bits per heavy atom. The maximum absolute atomic E-state index is 12.5. The first kappa shape index (κ1) is 20.5. The molecule has 7 nitrogen and oxygen atoms in total. The molecule has 0 saturated heterocycles. The number of nitrogens with zero attached hydrogens (tertiary/aromatic N) is 1. The molecule has 0 radical (unpaired) electrons. The van der Waals surface area contributed by atoms with Crippen LogP contribution in [0, 0.1) is 11.8 Å². The maximum Gasteiger partial charge on any atom is 0.416 e. The molecule has 27 heavy (non-hydrogen) atoms. The summed E-state index contributed by atoms with van der Waals surface area (Å²) >= 11 is 0. The van der Waals surface area contributed by atoms with E-state index in [4.69, 9.17) is 4.74 Å². The fourth-order valence-corrected chi connectivity index (χ4v) is 3.22. The Morgan fingerprint density at radius 2 is 1.85 bits per heavy atom. The first-order valence-corrected chi connectivity index (χ1v) is 8.95. The summed E-state index contributed by atoms with van der Waals surface area (Å²) in [6.07, 6.45) is 1.37.